The number of aryl methyl sites for hydroxylation is 1. The van der Waals surface area contributed by atoms with Crippen LogP contribution in [0.5, 0.6) is 0 Å². The zero-order chi connectivity index (χ0) is 10.7. The number of thiazole rings is 1. The summed E-state index contributed by atoms with van der Waals surface area (Å²) in [5, 5.41) is 10.2. The molecule has 0 bridgehead atoms. The summed E-state index contributed by atoms with van der Waals surface area (Å²) >= 11 is 1.67. The topological polar surface area (TPSA) is 33.1 Å². The van der Waals surface area contributed by atoms with Crippen LogP contribution in [0.1, 0.15) is 17.5 Å². The maximum atomic E-state index is 9.15. The SMILES string of the molecule is CCc1sc(-c2ccccc2)nc1CO. The quantitative estimate of drug-likeness (QED) is 0.861. The van der Waals surface area contributed by atoms with E-state index < -0.39 is 0 Å². The smallest absolute Gasteiger partial charge is 0.123 e. The van der Waals surface area contributed by atoms with Crippen LogP contribution >= 0.6 is 11.3 Å². The molecule has 0 saturated carbocycles. The summed E-state index contributed by atoms with van der Waals surface area (Å²) < 4.78 is 0. The lowest BCUT2D eigenvalue weighted by Gasteiger charge is -1.92. The van der Waals surface area contributed by atoms with Crippen molar-refractivity contribution in [2.45, 2.75) is 20.0 Å². The molecule has 78 valence electrons. The van der Waals surface area contributed by atoms with E-state index in [9.17, 15) is 0 Å². The molecule has 1 N–H and O–H groups in total. The Bertz CT molecular complexity index is 415. The molecule has 0 radical (unpaired) electrons. The Morgan fingerprint density at radius 3 is 2.53 bits per heavy atom. The van der Waals surface area contributed by atoms with Gasteiger partial charge in [0.1, 0.15) is 5.01 Å². The highest BCUT2D eigenvalue weighted by Crippen LogP contribution is 2.28. The monoisotopic (exact) mass is 219 g/mol. The van der Waals surface area contributed by atoms with Gasteiger partial charge >= 0.3 is 0 Å². The molecule has 0 aliphatic heterocycles. The van der Waals surface area contributed by atoms with Crippen molar-refractivity contribution in [2.75, 3.05) is 0 Å². The van der Waals surface area contributed by atoms with E-state index in [1.54, 1.807) is 11.3 Å². The Morgan fingerprint density at radius 1 is 1.27 bits per heavy atom. The first-order valence-electron chi connectivity index (χ1n) is 5.00. The van der Waals surface area contributed by atoms with Gasteiger partial charge in [0.05, 0.1) is 12.3 Å². The molecular weight excluding hydrogens is 206 g/mol. The molecule has 0 spiro atoms. The molecule has 0 aliphatic carbocycles. The molecule has 1 aromatic heterocycles. The van der Waals surface area contributed by atoms with Gasteiger partial charge in [0.15, 0.2) is 0 Å². The molecule has 2 aromatic rings. The molecule has 0 fully saturated rings. The number of aliphatic hydroxyl groups is 1. The molecule has 0 unspecified atom stereocenters. The van der Waals surface area contributed by atoms with Crippen molar-refractivity contribution < 1.29 is 5.11 Å². The number of hydrogen-bond acceptors (Lipinski definition) is 3. The second-order valence-electron chi connectivity index (χ2n) is 3.27. The summed E-state index contributed by atoms with van der Waals surface area (Å²) in [6.45, 7) is 2.12. The van der Waals surface area contributed by atoms with Crippen LogP contribution in [-0.2, 0) is 13.0 Å². The molecule has 1 aromatic carbocycles. The van der Waals surface area contributed by atoms with Gasteiger partial charge in [-0.15, -0.1) is 11.3 Å². The van der Waals surface area contributed by atoms with Crippen molar-refractivity contribution >= 4 is 11.3 Å². The average Bonchev–Trinajstić information content (AvgIpc) is 2.73. The fourth-order valence-corrected chi connectivity index (χ4v) is 2.50. The lowest BCUT2D eigenvalue weighted by molar-refractivity contribution is 0.276. The van der Waals surface area contributed by atoms with Gasteiger partial charge in [-0.2, -0.15) is 0 Å². The molecule has 3 heteroatoms. The van der Waals surface area contributed by atoms with Crippen molar-refractivity contribution in [1.82, 2.24) is 4.98 Å². The Morgan fingerprint density at radius 2 is 2.00 bits per heavy atom. The summed E-state index contributed by atoms with van der Waals surface area (Å²) in [6, 6.07) is 10.1. The van der Waals surface area contributed by atoms with Crippen LogP contribution in [0.3, 0.4) is 0 Å². The number of rotatable bonds is 3. The Kier molecular flexibility index (Phi) is 3.14. The van der Waals surface area contributed by atoms with Crippen LogP contribution in [0, 0.1) is 0 Å². The minimum atomic E-state index is 0.0342. The van der Waals surface area contributed by atoms with E-state index in [1.807, 2.05) is 30.3 Å². The van der Waals surface area contributed by atoms with Crippen LogP contribution in [0.15, 0.2) is 30.3 Å². The summed E-state index contributed by atoms with van der Waals surface area (Å²) in [5.41, 5.74) is 1.94. The lowest BCUT2D eigenvalue weighted by atomic mass is 10.2. The zero-order valence-corrected chi connectivity index (χ0v) is 9.42. The van der Waals surface area contributed by atoms with Gasteiger partial charge in [0.25, 0.3) is 0 Å². The molecule has 0 atom stereocenters. The molecular formula is C12H13NOS. The van der Waals surface area contributed by atoms with Crippen molar-refractivity contribution in [1.29, 1.82) is 0 Å². The van der Waals surface area contributed by atoms with Crippen molar-refractivity contribution in [3.8, 4) is 10.6 Å². The lowest BCUT2D eigenvalue weighted by Crippen LogP contribution is -1.87. The normalized spacial score (nSPS) is 10.5. The van der Waals surface area contributed by atoms with Crippen molar-refractivity contribution in [3.05, 3.63) is 40.9 Å². The summed E-state index contributed by atoms with van der Waals surface area (Å²) in [7, 11) is 0. The number of aliphatic hydroxyl groups excluding tert-OH is 1. The van der Waals surface area contributed by atoms with E-state index in [2.05, 4.69) is 11.9 Å². The summed E-state index contributed by atoms with van der Waals surface area (Å²) in [6.07, 6.45) is 0.931. The minimum absolute atomic E-state index is 0.0342. The van der Waals surface area contributed by atoms with E-state index in [0.717, 1.165) is 22.7 Å². The number of nitrogens with zero attached hydrogens (tertiary/aromatic N) is 1. The first-order chi connectivity index (χ1) is 7.35. The molecule has 2 rings (SSSR count). The average molecular weight is 219 g/mol. The first kappa shape index (κ1) is 10.3. The summed E-state index contributed by atoms with van der Waals surface area (Å²) in [5.74, 6) is 0. The fourth-order valence-electron chi connectivity index (χ4n) is 1.49. The highest BCUT2D eigenvalue weighted by Gasteiger charge is 2.09. The maximum Gasteiger partial charge on any atom is 0.123 e. The molecule has 1 heterocycles. The van der Waals surface area contributed by atoms with Crippen LogP contribution in [0.25, 0.3) is 10.6 Å². The second-order valence-corrected chi connectivity index (χ2v) is 4.35. The Labute approximate surface area is 93.2 Å². The van der Waals surface area contributed by atoms with Crippen LogP contribution < -0.4 is 0 Å². The Hall–Kier alpha value is -1.19. The van der Waals surface area contributed by atoms with Gasteiger partial charge < -0.3 is 5.11 Å². The molecule has 0 amide bonds. The number of aromatic nitrogens is 1. The molecule has 2 nitrogen and oxygen atoms in total. The third kappa shape index (κ3) is 2.08. The third-order valence-corrected chi connectivity index (χ3v) is 3.56. The van der Waals surface area contributed by atoms with Crippen molar-refractivity contribution in [2.24, 2.45) is 0 Å². The van der Waals surface area contributed by atoms with E-state index in [-0.39, 0.29) is 6.61 Å². The van der Waals surface area contributed by atoms with E-state index in [1.165, 1.54) is 4.88 Å². The maximum absolute atomic E-state index is 9.15. The van der Waals surface area contributed by atoms with Crippen LogP contribution in [0.4, 0.5) is 0 Å². The minimum Gasteiger partial charge on any atom is -0.390 e. The van der Waals surface area contributed by atoms with E-state index in [4.69, 9.17) is 5.11 Å². The predicted molar refractivity (Wildman–Crippen MR) is 62.9 cm³/mol. The molecule has 15 heavy (non-hydrogen) atoms. The van der Waals surface area contributed by atoms with Gasteiger partial charge in [-0.3, -0.25) is 0 Å². The standard InChI is InChI=1S/C12H13NOS/c1-2-11-10(8-14)13-12(15-11)9-6-4-3-5-7-9/h3-7,14H,2,8H2,1H3. The Balaban J connectivity index is 2.42. The fraction of sp³-hybridized carbons (Fsp3) is 0.250. The van der Waals surface area contributed by atoms with E-state index in [0.29, 0.717) is 0 Å². The highest BCUT2D eigenvalue weighted by atomic mass is 32.1. The van der Waals surface area contributed by atoms with Crippen LogP contribution in [-0.4, -0.2) is 10.1 Å². The van der Waals surface area contributed by atoms with Gasteiger partial charge in [0, 0.05) is 10.4 Å². The predicted octanol–water partition coefficient (Wildman–Crippen LogP) is 2.86. The number of hydrogen-bond donors (Lipinski definition) is 1. The largest absolute Gasteiger partial charge is 0.390 e. The number of benzene rings is 1. The van der Waals surface area contributed by atoms with Gasteiger partial charge in [-0.05, 0) is 6.42 Å². The second kappa shape index (κ2) is 4.55. The van der Waals surface area contributed by atoms with E-state index >= 15 is 0 Å². The van der Waals surface area contributed by atoms with Gasteiger partial charge in [-0.1, -0.05) is 37.3 Å². The van der Waals surface area contributed by atoms with Gasteiger partial charge in [0.2, 0.25) is 0 Å². The molecule has 0 saturated heterocycles. The van der Waals surface area contributed by atoms with Crippen LogP contribution in [0.2, 0.25) is 0 Å². The first-order valence-corrected chi connectivity index (χ1v) is 5.81. The van der Waals surface area contributed by atoms with Crippen molar-refractivity contribution in [3.63, 3.8) is 0 Å². The summed E-state index contributed by atoms with van der Waals surface area (Å²) in [4.78, 5) is 5.62. The van der Waals surface area contributed by atoms with Gasteiger partial charge in [-0.25, -0.2) is 4.98 Å². The zero-order valence-electron chi connectivity index (χ0n) is 8.60. The third-order valence-electron chi connectivity index (χ3n) is 2.27. The highest BCUT2D eigenvalue weighted by molar-refractivity contribution is 7.15. The molecule has 0 aliphatic rings.